The lowest BCUT2D eigenvalue weighted by molar-refractivity contribution is -0.121. The van der Waals surface area contributed by atoms with E-state index in [-0.39, 0.29) is 11.1 Å². The molecule has 5 nitrogen and oxygen atoms in total. The molecule has 0 aliphatic heterocycles. The Labute approximate surface area is 122 Å². The summed E-state index contributed by atoms with van der Waals surface area (Å²) >= 11 is 5.73. The van der Waals surface area contributed by atoms with Crippen LogP contribution >= 0.6 is 11.6 Å². The van der Waals surface area contributed by atoms with Crippen LogP contribution in [-0.4, -0.2) is 21.9 Å². The first-order chi connectivity index (χ1) is 9.65. The topological polar surface area (TPSA) is 66.9 Å². The van der Waals surface area contributed by atoms with Crippen molar-refractivity contribution in [2.24, 2.45) is 0 Å². The molecule has 1 unspecified atom stereocenters. The van der Waals surface area contributed by atoms with E-state index in [0.717, 1.165) is 5.56 Å². The lowest BCUT2D eigenvalue weighted by Gasteiger charge is -2.14. The van der Waals surface area contributed by atoms with E-state index in [1.54, 1.807) is 6.92 Å². The van der Waals surface area contributed by atoms with E-state index in [4.69, 9.17) is 11.6 Å². The molecule has 0 saturated carbocycles. The van der Waals surface area contributed by atoms with Gasteiger partial charge in [0.15, 0.2) is 0 Å². The summed E-state index contributed by atoms with van der Waals surface area (Å²) < 4.78 is 0. The van der Waals surface area contributed by atoms with Gasteiger partial charge in [0.05, 0.1) is 12.4 Å². The lowest BCUT2D eigenvalue weighted by atomic mass is 10.2. The number of nitrogens with zero attached hydrogens (tertiary/aromatic N) is 2. The molecule has 0 aliphatic carbocycles. The van der Waals surface area contributed by atoms with Crippen LogP contribution in [0.5, 0.6) is 0 Å². The maximum Gasteiger partial charge on any atom is 0.242 e. The van der Waals surface area contributed by atoms with Crippen molar-refractivity contribution in [3.05, 3.63) is 53.4 Å². The SMILES string of the molecule is CC(Nc1cncc(Cl)n1)C(=O)NCc1ccccc1. The van der Waals surface area contributed by atoms with Gasteiger partial charge in [0.25, 0.3) is 0 Å². The third-order valence-corrected chi connectivity index (χ3v) is 2.85. The maximum atomic E-state index is 12.0. The molecule has 0 aliphatic rings. The minimum absolute atomic E-state index is 0.115. The third kappa shape index (κ3) is 4.20. The van der Waals surface area contributed by atoms with Crippen LogP contribution in [0.3, 0.4) is 0 Å². The van der Waals surface area contributed by atoms with Gasteiger partial charge in [-0.3, -0.25) is 9.78 Å². The van der Waals surface area contributed by atoms with E-state index < -0.39 is 6.04 Å². The quantitative estimate of drug-likeness (QED) is 0.886. The van der Waals surface area contributed by atoms with Crippen molar-refractivity contribution in [1.29, 1.82) is 0 Å². The number of rotatable bonds is 5. The van der Waals surface area contributed by atoms with Crippen LogP contribution in [0, 0.1) is 0 Å². The lowest BCUT2D eigenvalue weighted by Crippen LogP contribution is -2.37. The van der Waals surface area contributed by atoms with Crippen molar-refractivity contribution in [1.82, 2.24) is 15.3 Å². The Morgan fingerprint density at radius 2 is 2.05 bits per heavy atom. The molecule has 0 fully saturated rings. The van der Waals surface area contributed by atoms with Crippen LogP contribution in [0.1, 0.15) is 12.5 Å². The summed E-state index contributed by atoms with van der Waals surface area (Å²) in [7, 11) is 0. The molecule has 0 bridgehead atoms. The highest BCUT2D eigenvalue weighted by atomic mass is 35.5. The Morgan fingerprint density at radius 1 is 1.30 bits per heavy atom. The largest absolute Gasteiger partial charge is 0.357 e. The van der Waals surface area contributed by atoms with Gasteiger partial charge < -0.3 is 10.6 Å². The summed E-state index contributed by atoms with van der Waals surface area (Å²) in [5, 5.41) is 6.08. The van der Waals surface area contributed by atoms with Gasteiger partial charge >= 0.3 is 0 Å². The Balaban J connectivity index is 1.86. The highest BCUT2D eigenvalue weighted by Crippen LogP contribution is 2.08. The first-order valence-electron chi connectivity index (χ1n) is 6.21. The molecule has 1 aromatic carbocycles. The number of carbonyl (C=O) groups is 1. The van der Waals surface area contributed by atoms with Crippen LogP contribution in [0.4, 0.5) is 5.82 Å². The molecular formula is C14H15ClN4O. The highest BCUT2D eigenvalue weighted by molar-refractivity contribution is 6.29. The predicted octanol–water partition coefficient (Wildman–Crippen LogP) is 2.25. The summed E-state index contributed by atoms with van der Waals surface area (Å²) in [4.78, 5) is 19.9. The number of hydrogen-bond acceptors (Lipinski definition) is 4. The summed E-state index contributed by atoms with van der Waals surface area (Å²) in [6.07, 6.45) is 2.96. The monoisotopic (exact) mass is 290 g/mol. The Kier molecular flexibility index (Phi) is 4.90. The molecule has 6 heteroatoms. The number of aromatic nitrogens is 2. The number of anilines is 1. The van der Waals surface area contributed by atoms with Crippen molar-refractivity contribution in [2.45, 2.75) is 19.5 Å². The van der Waals surface area contributed by atoms with Gasteiger partial charge in [-0.05, 0) is 12.5 Å². The van der Waals surface area contributed by atoms with Gasteiger partial charge in [0, 0.05) is 6.54 Å². The Hall–Kier alpha value is -2.14. The molecule has 0 spiro atoms. The number of benzene rings is 1. The van der Waals surface area contributed by atoms with E-state index in [0.29, 0.717) is 12.4 Å². The Bertz CT molecular complexity index is 576. The van der Waals surface area contributed by atoms with E-state index in [9.17, 15) is 4.79 Å². The molecule has 2 aromatic rings. The first-order valence-corrected chi connectivity index (χ1v) is 6.58. The van der Waals surface area contributed by atoms with Gasteiger partial charge in [0.1, 0.15) is 17.0 Å². The highest BCUT2D eigenvalue weighted by Gasteiger charge is 2.12. The number of carbonyl (C=O) groups excluding carboxylic acids is 1. The molecule has 2 rings (SSSR count). The normalized spacial score (nSPS) is 11.7. The molecule has 1 atom stereocenters. The molecule has 0 radical (unpaired) electrons. The molecule has 0 saturated heterocycles. The zero-order valence-electron chi connectivity index (χ0n) is 11.0. The summed E-state index contributed by atoms with van der Waals surface area (Å²) in [5.41, 5.74) is 1.05. The number of halogens is 1. The fourth-order valence-electron chi connectivity index (χ4n) is 1.64. The second-order valence-electron chi connectivity index (χ2n) is 4.30. The van der Waals surface area contributed by atoms with Crippen molar-refractivity contribution in [3.63, 3.8) is 0 Å². The van der Waals surface area contributed by atoms with E-state index >= 15 is 0 Å². The summed E-state index contributed by atoms with van der Waals surface area (Å²) in [5.74, 6) is 0.357. The van der Waals surface area contributed by atoms with Gasteiger partial charge in [0.2, 0.25) is 5.91 Å². The Morgan fingerprint density at radius 3 is 2.75 bits per heavy atom. The molecule has 2 N–H and O–H groups in total. The van der Waals surface area contributed by atoms with Gasteiger partial charge in [-0.25, -0.2) is 4.98 Å². The van der Waals surface area contributed by atoms with Crippen molar-refractivity contribution in [3.8, 4) is 0 Å². The molecular weight excluding hydrogens is 276 g/mol. The number of hydrogen-bond donors (Lipinski definition) is 2. The van der Waals surface area contributed by atoms with Crippen molar-refractivity contribution in [2.75, 3.05) is 5.32 Å². The van der Waals surface area contributed by atoms with Crippen molar-refractivity contribution >= 4 is 23.3 Å². The summed E-state index contributed by atoms with van der Waals surface area (Å²) in [6.45, 7) is 2.25. The van der Waals surface area contributed by atoms with Gasteiger partial charge in [-0.15, -0.1) is 0 Å². The summed E-state index contributed by atoms with van der Waals surface area (Å²) in [6, 6.07) is 9.30. The molecule has 1 aromatic heterocycles. The predicted molar refractivity (Wildman–Crippen MR) is 78.4 cm³/mol. The van der Waals surface area contributed by atoms with Crippen LogP contribution in [0.15, 0.2) is 42.7 Å². The fourth-order valence-corrected chi connectivity index (χ4v) is 1.78. The second kappa shape index (κ2) is 6.86. The molecule has 1 heterocycles. The maximum absolute atomic E-state index is 12.0. The zero-order valence-corrected chi connectivity index (χ0v) is 11.8. The van der Waals surface area contributed by atoms with Gasteiger partial charge in [-0.1, -0.05) is 41.9 Å². The molecule has 20 heavy (non-hydrogen) atoms. The fraction of sp³-hybridized carbons (Fsp3) is 0.214. The minimum Gasteiger partial charge on any atom is -0.357 e. The van der Waals surface area contributed by atoms with Crippen LogP contribution < -0.4 is 10.6 Å². The number of amides is 1. The zero-order chi connectivity index (χ0) is 14.4. The van der Waals surface area contributed by atoms with E-state index in [1.165, 1.54) is 12.4 Å². The van der Waals surface area contributed by atoms with Crippen LogP contribution in [0.2, 0.25) is 5.15 Å². The number of nitrogens with one attached hydrogen (secondary N) is 2. The molecule has 104 valence electrons. The average Bonchev–Trinajstić information content (AvgIpc) is 2.46. The average molecular weight is 291 g/mol. The molecule has 1 amide bonds. The minimum atomic E-state index is -0.425. The smallest absolute Gasteiger partial charge is 0.242 e. The van der Waals surface area contributed by atoms with E-state index in [1.807, 2.05) is 30.3 Å². The first kappa shape index (κ1) is 14.3. The second-order valence-corrected chi connectivity index (χ2v) is 4.68. The standard InChI is InChI=1S/C14H15ClN4O/c1-10(18-13-9-16-8-12(15)19-13)14(20)17-7-11-5-3-2-4-6-11/h2-6,8-10H,7H2,1H3,(H,17,20)(H,18,19). The van der Waals surface area contributed by atoms with Gasteiger partial charge in [-0.2, -0.15) is 0 Å². The van der Waals surface area contributed by atoms with E-state index in [2.05, 4.69) is 20.6 Å². The van der Waals surface area contributed by atoms with Crippen LogP contribution in [0.25, 0.3) is 0 Å². The van der Waals surface area contributed by atoms with Crippen LogP contribution in [-0.2, 0) is 11.3 Å². The van der Waals surface area contributed by atoms with Crippen molar-refractivity contribution < 1.29 is 4.79 Å². The third-order valence-electron chi connectivity index (χ3n) is 2.67.